The van der Waals surface area contributed by atoms with Gasteiger partial charge in [0, 0.05) is 30.8 Å². The number of amides is 2. The van der Waals surface area contributed by atoms with Crippen molar-refractivity contribution in [1.82, 2.24) is 4.90 Å². The predicted molar refractivity (Wildman–Crippen MR) is 70.7 cm³/mol. The first-order chi connectivity index (χ1) is 8.52. The SMILES string of the molecule is CCC(C)C(=O)c1ccc2c(c1)CN(C)C(=O)N2. The molecule has 0 aliphatic carbocycles. The Morgan fingerprint density at radius 1 is 1.50 bits per heavy atom. The van der Waals surface area contributed by atoms with E-state index in [2.05, 4.69) is 5.32 Å². The molecule has 1 aromatic carbocycles. The van der Waals surface area contributed by atoms with Gasteiger partial charge in [-0.1, -0.05) is 13.8 Å². The van der Waals surface area contributed by atoms with Gasteiger partial charge in [-0.3, -0.25) is 4.79 Å². The summed E-state index contributed by atoms with van der Waals surface area (Å²) < 4.78 is 0. The molecule has 2 rings (SSSR count). The summed E-state index contributed by atoms with van der Waals surface area (Å²) in [7, 11) is 1.74. The van der Waals surface area contributed by atoms with Gasteiger partial charge in [-0.25, -0.2) is 4.79 Å². The van der Waals surface area contributed by atoms with Crippen LogP contribution in [0.2, 0.25) is 0 Å². The molecule has 0 spiro atoms. The Balaban J connectivity index is 2.30. The number of nitrogens with one attached hydrogen (secondary N) is 1. The van der Waals surface area contributed by atoms with Crippen molar-refractivity contribution >= 4 is 17.5 Å². The van der Waals surface area contributed by atoms with E-state index in [4.69, 9.17) is 0 Å². The second-order valence-electron chi connectivity index (χ2n) is 4.83. The minimum absolute atomic E-state index is 0.0407. The number of rotatable bonds is 3. The average molecular weight is 246 g/mol. The topological polar surface area (TPSA) is 49.4 Å². The minimum atomic E-state index is -0.108. The van der Waals surface area contributed by atoms with Crippen LogP contribution in [0.5, 0.6) is 0 Å². The molecule has 0 aromatic heterocycles. The molecule has 4 heteroatoms. The molecule has 96 valence electrons. The normalized spacial score (nSPS) is 15.9. The third-order valence-corrected chi connectivity index (χ3v) is 3.45. The molecule has 1 aliphatic heterocycles. The van der Waals surface area contributed by atoms with Crippen LogP contribution in [0.4, 0.5) is 10.5 Å². The van der Waals surface area contributed by atoms with Crippen molar-refractivity contribution < 1.29 is 9.59 Å². The number of carbonyl (C=O) groups excluding carboxylic acids is 2. The number of nitrogens with zero attached hydrogens (tertiary/aromatic N) is 1. The van der Waals surface area contributed by atoms with Gasteiger partial charge >= 0.3 is 6.03 Å². The Kier molecular flexibility index (Phi) is 3.36. The number of ketones is 1. The first kappa shape index (κ1) is 12.6. The zero-order valence-corrected chi connectivity index (χ0v) is 11.0. The number of benzene rings is 1. The fourth-order valence-corrected chi connectivity index (χ4v) is 2.01. The molecule has 1 aromatic rings. The van der Waals surface area contributed by atoms with E-state index in [0.29, 0.717) is 6.54 Å². The summed E-state index contributed by atoms with van der Waals surface area (Å²) in [6.07, 6.45) is 0.840. The van der Waals surface area contributed by atoms with Crippen LogP contribution >= 0.6 is 0 Å². The van der Waals surface area contributed by atoms with Crippen molar-refractivity contribution in [1.29, 1.82) is 0 Å². The zero-order valence-electron chi connectivity index (χ0n) is 11.0. The van der Waals surface area contributed by atoms with E-state index in [1.54, 1.807) is 18.0 Å². The molecule has 0 fully saturated rings. The largest absolute Gasteiger partial charge is 0.323 e. The predicted octanol–water partition coefficient (Wildman–Crippen LogP) is 2.89. The third-order valence-electron chi connectivity index (χ3n) is 3.45. The maximum Gasteiger partial charge on any atom is 0.321 e. The lowest BCUT2D eigenvalue weighted by Gasteiger charge is -2.26. The quantitative estimate of drug-likeness (QED) is 0.834. The lowest BCUT2D eigenvalue weighted by Crippen LogP contribution is -2.35. The Hall–Kier alpha value is -1.84. The maximum absolute atomic E-state index is 12.1. The van der Waals surface area contributed by atoms with E-state index in [0.717, 1.165) is 23.2 Å². The second kappa shape index (κ2) is 4.80. The first-order valence-electron chi connectivity index (χ1n) is 6.22. The van der Waals surface area contributed by atoms with Crippen LogP contribution < -0.4 is 5.32 Å². The molecule has 1 N–H and O–H groups in total. The van der Waals surface area contributed by atoms with Crippen molar-refractivity contribution in [3.63, 3.8) is 0 Å². The molecule has 4 nitrogen and oxygen atoms in total. The van der Waals surface area contributed by atoms with Crippen molar-refractivity contribution in [2.75, 3.05) is 12.4 Å². The average Bonchev–Trinajstić information content (AvgIpc) is 2.37. The number of carbonyl (C=O) groups is 2. The van der Waals surface area contributed by atoms with Crippen LogP contribution in [0.3, 0.4) is 0 Å². The fourth-order valence-electron chi connectivity index (χ4n) is 2.01. The summed E-state index contributed by atoms with van der Waals surface area (Å²) in [6, 6.07) is 5.39. The van der Waals surface area contributed by atoms with Gasteiger partial charge in [0.25, 0.3) is 0 Å². The van der Waals surface area contributed by atoms with Gasteiger partial charge in [0.15, 0.2) is 5.78 Å². The monoisotopic (exact) mass is 246 g/mol. The smallest absolute Gasteiger partial charge is 0.321 e. The van der Waals surface area contributed by atoms with E-state index in [1.807, 2.05) is 26.0 Å². The number of fused-ring (bicyclic) bond motifs is 1. The van der Waals surface area contributed by atoms with E-state index < -0.39 is 0 Å². The standard InChI is InChI=1S/C14H18N2O2/c1-4-9(2)13(17)10-5-6-12-11(7-10)8-16(3)14(18)15-12/h5-7,9H,4,8H2,1-3H3,(H,15,18). The van der Waals surface area contributed by atoms with Gasteiger partial charge in [-0.05, 0) is 30.2 Å². The van der Waals surface area contributed by atoms with E-state index in [1.165, 1.54) is 0 Å². The van der Waals surface area contributed by atoms with Crippen LogP contribution in [0.25, 0.3) is 0 Å². The number of urea groups is 1. The van der Waals surface area contributed by atoms with Crippen molar-refractivity contribution in [3.05, 3.63) is 29.3 Å². The lowest BCUT2D eigenvalue weighted by atomic mass is 9.95. The molecule has 2 amide bonds. The molecule has 0 saturated heterocycles. The second-order valence-corrected chi connectivity index (χ2v) is 4.83. The van der Waals surface area contributed by atoms with Crippen LogP contribution in [0.1, 0.15) is 36.2 Å². The van der Waals surface area contributed by atoms with E-state index in [-0.39, 0.29) is 17.7 Å². The summed E-state index contributed by atoms with van der Waals surface area (Å²) in [5.41, 5.74) is 2.53. The highest BCUT2D eigenvalue weighted by Crippen LogP contribution is 2.25. The summed E-state index contributed by atoms with van der Waals surface area (Å²) in [4.78, 5) is 25.2. The van der Waals surface area contributed by atoms with Crippen molar-refractivity contribution in [2.24, 2.45) is 5.92 Å². The Bertz CT molecular complexity index is 497. The summed E-state index contributed by atoms with van der Waals surface area (Å²) in [5.74, 6) is 0.207. The molecule has 1 aliphatic rings. The Morgan fingerprint density at radius 3 is 2.89 bits per heavy atom. The maximum atomic E-state index is 12.1. The molecule has 0 bridgehead atoms. The zero-order chi connectivity index (χ0) is 13.3. The molecule has 1 unspecified atom stereocenters. The molecule has 0 saturated carbocycles. The number of hydrogen-bond acceptors (Lipinski definition) is 2. The van der Waals surface area contributed by atoms with Crippen LogP contribution in [-0.4, -0.2) is 23.8 Å². The summed E-state index contributed by atoms with van der Waals surface area (Å²) >= 11 is 0. The van der Waals surface area contributed by atoms with Gasteiger partial charge in [0.05, 0.1) is 0 Å². The lowest BCUT2D eigenvalue weighted by molar-refractivity contribution is 0.0927. The van der Waals surface area contributed by atoms with Crippen molar-refractivity contribution in [3.8, 4) is 0 Å². The highest BCUT2D eigenvalue weighted by Gasteiger charge is 2.21. The number of anilines is 1. The third kappa shape index (κ3) is 2.23. The van der Waals surface area contributed by atoms with Crippen LogP contribution in [0.15, 0.2) is 18.2 Å². The van der Waals surface area contributed by atoms with Gasteiger partial charge in [0.1, 0.15) is 0 Å². The summed E-state index contributed by atoms with van der Waals surface area (Å²) in [5, 5.41) is 2.79. The molecular formula is C14H18N2O2. The van der Waals surface area contributed by atoms with Gasteiger partial charge in [-0.2, -0.15) is 0 Å². The molecule has 1 heterocycles. The highest BCUT2D eigenvalue weighted by molar-refractivity contribution is 5.99. The Morgan fingerprint density at radius 2 is 2.22 bits per heavy atom. The Labute approximate surface area is 107 Å². The van der Waals surface area contributed by atoms with Crippen molar-refractivity contribution in [2.45, 2.75) is 26.8 Å². The van der Waals surface area contributed by atoms with Crippen LogP contribution in [-0.2, 0) is 6.54 Å². The van der Waals surface area contributed by atoms with Gasteiger partial charge in [0.2, 0.25) is 0 Å². The highest BCUT2D eigenvalue weighted by atomic mass is 16.2. The molecular weight excluding hydrogens is 228 g/mol. The van der Waals surface area contributed by atoms with Crippen LogP contribution in [0, 0.1) is 5.92 Å². The number of hydrogen-bond donors (Lipinski definition) is 1. The van der Waals surface area contributed by atoms with Gasteiger partial charge in [-0.15, -0.1) is 0 Å². The first-order valence-corrected chi connectivity index (χ1v) is 6.22. The molecule has 18 heavy (non-hydrogen) atoms. The minimum Gasteiger partial charge on any atom is -0.323 e. The van der Waals surface area contributed by atoms with E-state index in [9.17, 15) is 9.59 Å². The number of Topliss-reactive ketones (excluding diaryl/α,β-unsaturated/α-hetero) is 1. The van der Waals surface area contributed by atoms with E-state index >= 15 is 0 Å². The molecule has 0 radical (unpaired) electrons. The fraction of sp³-hybridized carbons (Fsp3) is 0.429. The molecule has 1 atom stereocenters. The summed E-state index contributed by atoms with van der Waals surface area (Å²) in [6.45, 7) is 4.49. The van der Waals surface area contributed by atoms with Gasteiger partial charge < -0.3 is 10.2 Å².